The van der Waals surface area contributed by atoms with Crippen LogP contribution in [0.2, 0.25) is 0 Å². The van der Waals surface area contributed by atoms with Gasteiger partial charge in [0.1, 0.15) is 5.82 Å². The van der Waals surface area contributed by atoms with E-state index in [0.717, 1.165) is 31.2 Å². The number of likely N-dealkylation sites (N-methyl/N-ethyl adjacent to an activating group) is 1. The quantitative estimate of drug-likeness (QED) is 0.836. The van der Waals surface area contributed by atoms with E-state index in [0.29, 0.717) is 12.1 Å². The monoisotopic (exact) mass is 290 g/mol. The Morgan fingerprint density at radius 3 is 2.86 bits per heavy atom. The zero-order valence-corrected chi connectivity index (χ0v) is 12.5. The number of halogens is 1. The molecule has 0 aliphatic heterocycles. The van der Waals surface area contributed by atoms with Crippen molar-refractivity contribution >= 4 is 0 Å². The molecule has 2 unspecified atom stereocenters. The van der Waals surface area contributed by atoms with Gasteiger partial charge in [0.25, 0.3) is 0 Å². The number of nitrogens with zero attached hydrogens (tertiary/aromatic N) is 1. The molecule has 1 aliphatic rings. The van der Waals surface area contributed by atoms with E-state index in [1.807, 2.05) is 7.05 Å². The number of hydrogen-bond donors (Lipinski definition) is 2. The molecular formula is C17H23FN2O. The number of aliphatic hydroxyl groups is 1. The van der Waals surface area contributed by atoms with Crippen LogP contribution in [0, 0.1) is 17.7 Å². The standard InChI is InChI=1S/C17H23FN2O/c1-20(16-6-2-3-7-17(16)21)12-13-8-9-15(18)14(11-13)5-4-10-19/h8-9,11,16-17,21H,2-3,6-7,10,12,19H2,1H3. The first-order chi connectivity index (χ1) is 10.1. The summed E-state index contributed by atoms with van der Waals surface area (Å²) in [6.07, 6.45) is 3.87. The van der Waals surface area contributed by atoms with Crippen molar-refractivity contribution in [3.05, 3.63) is 35.1 Å². The van der Waals surface area contributed by atoms with E-state index in [2.05, 4.69) is 16.7 Å². The van der Waals surface area contributed by atoms with Crippen LogP contribution in [-0.4, -0.2) is 35.7 Å². The zero-order valence-electron chi connectivity index (χ0n) is 12.5. The van der Waals surface area contributed by atoms with Crippen molar-refractivity contribution in [1.82, 2.24) is 4.90 Å². The minimum absolute atomic E-state index is 0.183. The van der Waals surface area contributed by atoms with Gasteiger partial charge in [0.05, 0.1) is 18.2 Å². The van der Waals surface area contributed by atoms with Gasteiger partial charge in [-0.3, -0.25) is 4.90 Å². The van der Waals surface area contributed by atoms with E-state index < -0.39 is 0 Å². The van der Waals surface area contributed by atoms with Gasteiger partial charge in [-0.2, -0.15) is 0 Å². The average Bonchev–Trinajstić information content (AvgIpc) is 2.48. The molecular weight excluding hydrogens is 267 g/mol. The van der Waals surface area contributed by atoms with Crippen molar-refractivity contribution in [2.24, 2.45) is 5.73 Å². The van der Waals surface area contributed by atoms with Crippen molar-refractivity contribution in [3.8, 4) is 11.8 Å². The third-order valence-corrected chi connectivity index (χ3v) is 4.05. The van der Waals surface area contributed by atoms with Crippen molar-refractivity contribution in [3.63, 3.8) is 0 Å². The predicted molar refractivity (Wildman–Crippen MR) is 82.1 cm³/mol. The molecule has 3 nitrogen and oxygen atoms in total. The average molecular weight is 290 g/mol. The zero-order chi connectivity index (χ0) is 15.2. The Labute approximate surface area is 125 Å². The lowest BCUT2D eigenvalue weighted by molar-refractivity contribution is 0.0288. The Morgan fingerprint density at radius 2 is 2.14 bits per heavy atom. The summed E-state index contributed by atoms with van der Waals surface area (Å²) in [4.78, 5) is 2.15. The Bertz CT molecular complexity index is 535. The molecule has 0 aromatic heterocycles. The number of aliphatic hydroxyl groups excluding tert-OH is 1. The van der Waals surface area contributed by atoms with Crippen molar-refractivity contribution in [1.29, 1.82) is 0 Å². The molecule has 1 fully saturated rings. The van der Waals surface area contributed by atoms with Crippen LogP contribution in [0.3, 0.4) is 0 Å². The molecule has 0 saturated heterocycles. The first-order valence-corrected chi connectivity index (χ1v) is 7.47. The van der Waals surface area contributed by atoms with Crippen LogP contribution in [0.4, 0.5) is 4.39 Å². The SMILES string of the molecule is CN(Cc1ccc(F)c(C#CCN)c1)C1CCCCC1O. The predicted octanol–water partition coefficient (Wildman–Crippen LogP) is 1.87. The molecule has 0 spiro atoms. The van der Waals surface area contributed by atoms with Gasteiger partial charge in [-0.15, -0.1) is 0 Å². The van der Waals surface area contributed by atoms with Gasteiger partial charge < -0.3 is 10.8 Å². The summed E-state index contributed by atoms with van der Waals surface area (Å²) in [6, 6.07) is 5.17. The van der Waals surface area contributed by atoms with E-state index in [1.54, 1.807) is 12.1 Å². The Kier molecular flexibility index (Phi) is 5.75. The fraction of sp³-hybridized carbons (Fsp3) is 0.529. The van der Waals surface area contributed by atoms with E-state index >= 15 is 0 Å². The van der Waals surface area contributed by atoms with Gasteiger partial charge in [0.15, 0.2) is 0 Å². The Morgan fingerprint density at radius 1 is 1.38 bits per heavy atom. The fourth-order valence-electron chi connectivity index (χ4n) is 2.92. The maximum absolute atomic E-state index is 13.7. The van der Waals surface area contributed by atoms with Crippen molar-refractivity contribution in [2.45, 2.75) is 44.4 Å². The van der Waals surface area contributed by atoms with Crippen molar-refractivity contribution < 1.29 is 9.50 Å². The molecule has 0 bridgehead atoms. The lowest BCUT2D eigenvalue weighted by Crippen LogP contribution is -2.42. The summed E-state index contributed by atoms with van der Waals surface area (Å²) in [6.45, 7) is 0.900. The van der Waals surface area contributed by atoms with Crippen LogP contribution in [-0.2, 0) is 6.54 Å². The molecule has 0 radical (unpaired) electrons. The number of benzene rings is 1. The molecule has 114 valence electrons. The second-order valence-corrected chi connectivity index (χ2v) is 5.65. The van der Waals surface area contributed by atoms with Crippen LogP contribution < -0.4 is 5.73 Å². The number of nitrogens with two attached hydrogens (primary N) is 1. The van der Waals surface area contributed by atoms with Gasteiger partial charge in [0, 0.05) is 12.6 Å². The smallest absolute Gasteiger partial charge is 0.138 e. The molecule has 1 aliphatic carbocycles. The van der Waals surface area contributed by atoms with Crippen molar-refractivity contribution in [2.75, 3.05) is 13.6 Å². The van der Waals surface area contributed by atoms with E-state index in [-0.39, 0.29) is 24.5 Å². The maximum atomic E-state index is 13.7. The number of rotatable bonds is 3. The largest absolute Gasteiger partial charge is 0.391 e. The van der Waals surface area contributed by atoms with Gasteiger partial charge in [-0.25, -0.2) is 4.39 Å². The maximum Gasteiger partial charge on any atom is 0.138 e. The Hall–Kier alpha value is -1.41. The molecule has 1 aromatic rings. The van der Waals surface area contributed by atoms with E-state index in [9.17, 15) is 9.50 Å². The molecule has 1 saturated carbocycles. The highest BCUT2D eigenvalue weighted by Crippen LogP contribution is 2.23. The van der Waals surface area contributed by atoms with Crippen LogP contribution in [0.25, 0.3) is 0 Å². The lowest BCUT2D eigenvalue weighted by atomic mass is 9.91. The second-order valence-electron chi connectivity index (χ2n) is 5.65. The topological polar surface area (TPSA) is 49.5 Å². The summed E-state index contributed by atoms with van der Waals surface area (Å²) in [5.74, 6) is 5.12. The molecule has 0 heterocycles. The molecule has 21 heavy (non-hydrogen) atoms. The molecule has 2 atom stereocenters. The first kappa shape index (κ1) is 16.0. The summed E-state index contributed by atoms with van der Waals surface area (Å²) in [5.41, 5.74) is 6.71. The normalized spacial score (nSPS) is 22.0. The minimum atomic E-state index is -0.319. The third kappa shape index (κ3) is 4.28. The molecule has 4 heteroatoms. The van der Waals surface area contributed by atoms with Gasteiger partial charge >= 0.3 is 0 Å². The van der Waals surface area contributed by atoms with Crippen LogP contribution >= 0.6 is 0 Å². The van der Waals surface area contributed by atoms with Crippen LogP contribution in [0.5, 0.6) is 0 Å². The van der Waals surface area contributed by atoms with Crippen LogP contribution in [0.1, 0.15) is 36.8 Å². The fourth-order valence-corrected chi connectivity index (χ4v) is 2.92. The highest BCUT2D eigenvalue weighted by atomic mass is 19.1. The second kappa shape index (κ2) is 7.56. The summed E-state index contributed by atoms with van der Waals surface area (Å²) in [5, 5.41) is 10.1. The highest BCUT2D eigenvalue weighted by molar-refractivity contribution is 5.38. The van der Waals surface area contributed by atoms with E-state index in [4.69, 9.17) is 5.73 Å². The van der Waals surface area contributed by atoms with E-state index in [1.165, 1.54) is 6.07 Å². The molecule has 1 aromatic carbocycles. The third-order valence-electron chi connectivity index (χ3n) is 4.05. The molecule has 0 amide bonds. The highest BCUT2D eigenvalue weighted by Gasteiger charge is 2.26. The number of hydrogen-bond acceptors (Lipinski definition) is 3. The molecule has 3 N–H and O–H groups in total. The van der Waals surface area contributed by atoms with Crippen LogP contribution in [0.15, 0.2) is 18.2 Å². The summed E-state index contributed by atoms with van der Waals surface area (Å²) in [7, 11) is 2.01. The first-order valence-electron chi connectivity index (χ1n) is 7.47. The van der Waals surface area contributed by atoms with Gasteiger partial charge in [-0.1, -0.05) is 30.7 Å². The van der Waals surface area contributed by atoms with Gasteiger partial charge in [0.2, 0.25) is 0 Å². The molecule has 2 rings (SSSR count). The Balaban J connectivity index is 2.08. The van der Waals surface area contributed by atoms with Gasteiger partial charge in [-0.05, 0) is 37.6 Å². The minimum Gasteiger partial charge on any atom is -0.391 e. The summed E-state index contributed by atoms with van der Waals surface area (Å²) < 4.78 is 13.7. The summed E-state index contributed by atoms with van der Waals surface area (Å²) >= 11 is 0. The lowest BCUT2D eigenvalue weighted by Gasteiger charge is -2.35.